The minimum atomic E-state index is 0. The van der Waals surface area contributed by atoms with E-state index < -0.39 is 0 Å². The van der Waals surface area contributed by atoms with Gasteiger partial charge in [0.2, 0.25) is 0 Å². The monoisotopic (exact) mass is 494 g/mol. The van der Waals surface area contributed by atoms with Crippen LogP contribution >= 0.6 is 35.6 Å². The average Bonchev–Trinajstić information content (AvgIpc) is 2.63. The summed E-state index contributed by atoms with van der Waals surface area (Å²) >= 11 is 5.95. The fourth-order valence-electron chi connectivity index (χ4n) is 2.90. The molecule has 1 aliphatic rings. The quantitative estimate of drug-likeness (QED) is 0.310. The van der Waals surface area contributed by atoms with E-state index in [-0.39, 0.29) is 36.5 Å². The highest BCUT2D eigenvalue weighted by Crippen LogP contribution is 2.16. The van der Waals surface area contributed by atoms with Crippen molar-refractivity contribution in [1.29, 1.82) is 0 Å². The van der Waals surface area contributed by atoms with Crippen molar-refractivity contribution in [2.45, 2.75) is 39.3 Å². The summed E-state index contributed by atoms with van der Waals surface area (Å²) in [5.41, 5.74) is 1.31. The van der Waals surface area contributed by atoms with Crippen molar-refractivity contribution in [1.82, 2.24) is 15.5 Å². The largest absolute Gasteiger partial charge is 0.396 e. The molecule has 0 radical (unpaired) electrons. The lowest BCUT2D eigenvalue weighted by molar-refractivity contribution is 0.198. The molecule has 1 aromatic rings. The molecule has 1 aliphatic heterocycles. The second-order valence-electron chi connectivity index (χ2n) is 6.83. The Balaban J connectivity index is 0.00000338. The Kier molecular flexibility index (Phi) is 11.5. The van der Waals surface area contributed by atoms with E-state index in [0.29, 0.717) is 12.6 Å². The van der Waals surface area contributed by atoms with Gasteiger partial charge in [0, 0.05) is 50.4 Å². The van der Waals surface area contributed by atoms with E-state index in [4.69, 9.17) is 16.7 Å². The molecule has 0 amide bonds. The number of benzene rings is 1. The normalized spacial score (nSPS) is 17.5. The number of nitrogens with zero attached hydrogens (tertiary/aromatic N) is 2. The van der Waals surface area contributed by atoms with Gasteiger partial charge in [-0.3, -0.25) is 9.89 Å². The molecular formula is C19H32ClIN4O. The fourth-order valence-corrected chi connectivity index (χ4v) is 3.03. The smallest absolute Gasteiger partial charge is 0.191 e. The van der Waals surface area contributed by atoms with Gasteiger partial charge in [-0.05, 0) is 43.4 Å². The van der Waals surface area contributed by atoms with Gasteiger partial charge in [0.05, 0.1) is 0 Å². The summed E-state index contributed by atoms with van der Waals surface area (Å²) in [7, 11) is 0. The van der Waals surface area contributed by atoms with Crippen molar-refractivity contribution in [3.8, 4) is 0 Å². The third kappa shape index (κ3) is 8.41. The molecule has 0 aromatic heterocycles. The zero-order valence-corrected chi connectivity index (χ0v) is 18.8. The van der Waals surface area contributed by atoms with E-state index in [1.807, 2.05) is 19.1 Å². The number of aliphatic hydroxyl groups is 1. The Morgan fingerprint density at radius 3 is 2.54 bits per heavy atom. The molecule has 2 rings (SSSR count). The third-order valence-corrected chi connectivity index (χ3v) is 4.72. The standard InChI is InChI=1S/C19H31ClN4O.HI/c1-3-21-19(22-12-15(2)14-25)23-18-8-10-24(11-9-18)13-16-4-6-17(20)7-5-16;/h4-7,15,18,25H,3,8-14H2,1-2H3,(H2,21,22,23);1H. The number of piperidine rings is 1. The molecule has 1 heterocycles. The van der Waals surface area contributed by atoms with Crippen LogP contribution in [0.4, 0.5) is 0 Å². The topological polar surface area (TPSA) is 59.9 Å². The number of hydrogen-bond donors (Lipinski definition) is 3. The molecule has 0 spiro atoms. The number of hydrogen-bond acceptors (Lipinski definition) is 3. The summed E-state index contributed by atoms with van der Waals surface area (Å²) < 4.78 is 0. The second-order valence-corrected chi connectivity index (χ2v) is 7.27. The molecule has 1 unspecified atom stereocenters. The predicted molar refractivity (Wildman–Crippen MR) is 121 cm³/mol. The van der Waals surface area contributed by atoms with E-state index in [2.05, 4.69) is 39.6 Å². The Hall–Kier alpha value is -0.570. The molecule has 26 heavy (non-hydrogen) atoms. The van der Waals surface area contributed by atoms with Crippen LogP contribution in [0.2, 0.25) is 5.02 Å². The maximum absolute atomic E-state index is 9.14. The van der Waals surface area contributed by atoms with Gasteiger partial charge in [0.25, 0.3) is 0 Å². The van der Waals surface area contributed by atoms with Gasteiger partial charge in [-0.2, -0.15) is 0 Å². The van der Waals surface area contributed by atoms with Crippen molar-refractivity contribution >= 4 is 41.5 Å². The first-order valence-electron chi connectivity index (χ1n) is 9.23. The summed E-state index contributed by atoms with van der Waals surface area (Å²) in [5.74, 6) is 1.05. The van der Waals surface area contributed by atoms with Crippen LogP contribution in [-0.4, -0.2) is 54.8 Å². The number of nitrogens with one attached hydrogen (secondary N) is 2. The molecule has 1 aromatic carbocycles. The molecule has 1 atom stereocenters. The van der Waals surface area contributed by atoms with Crippen LogP contribution in [0.15, 0.2) is 29.3 Å². The lowest BCUT2D eigenvalue weighted by atomic mass is 10.0. The van der Waals surface area contributed by atoms with Crippen molar-refractivity contribution in [2.24, 2.45) is 10.9 Å². The summed E-state index contributed by atoms with van der Waals surface area (Å²) in [6.45, 7) is 8.86. The van der Waals surface area contributed by atoms with Gasteiger partial charge >= 0.3 is 0 Å². The maximum Gasteiger partial charge on any atom is 0.191 e. The Labute approximate surface area is 179 Å². The SMILES string of the molecule is CCNC(=NCC(C)CO)NC1CCN(Cc2ccc(Cl)cc2)CC1.I. The molecule has 0 bridgehead atoms. The minimum Gasteiger partial charge on any atom is -0.396 e. The molecule has 5 nitrogen and oxygen atoms in total. The molecule has 1 fully saturated rings. The highest BCUT2D eigenvalue weighted by molar-refractivity contribution is 14.0. The van der Waals surface area contributed by atoms with Gasteiger partial charge < -0.3 is 15.7 Å². The number of likely N-dealkylation sites (tertiary alicyclic amines) is 1. The number of aliphatic hydroxyl groups excluding tert-OH is 1. The van der Waals surface area contributed by atoms with Gasteiger partial charge in [0.15, 0.2) is 5.96 Å². The van der Waals surface area contributed by atoms with E-state index in [9.17, 15) is 0 Å². The van der Waals surface area contributed by atoms with Crippen molar-refractivity contribution in [3.05, 3.63) is 34.9 Å². The van der Waals surface area contributed by atoms with Gasteiger partial charge in [-0.15, -0.1) is 24.0 Å². The van der Waals surface area contributed by atoms with E-state index in [0.717, 1.165) is 50.0 Å². The molecular weight excluding hydrogens is 463 g/mol. The van der Waals surface area contributed by atoms with Gasteiger partial charge in [-0.25, -0.2) is 0 Å². The van der Waals surface area contributed by atoms with Crippen molar-refractivity contribution in [2.75, 3.05) is 32.8 Å². The summed E-state index contributed by atoms with van der Waals surface area (Å²) in [6, 6.07) is 8.56. The zero-order valence-electron chi connectivity index (χ0n) is 15.7. The average molecular weight is 495 g/mol. The Morgan fingerprint density at radius 1 is 1.31 bits per heavy atom. The van der Waals surface area contributed by atoms with Crippen LogP contribution in [0.1, 0.15) is 32.3 Å². The molecule has 3 N–H and O–H groups in total. The summed E-state index contributed by atoms with van der Waals surface area (Å²) in [4.78, 5) is 7.07. The second kappa shape index (κ2) is 12.8. The summed E-state index contributed by atoms with van der Waals surface area (Å²) in [6.07, 6.45) is 2.21. The van der Waals surface area contributed by atoms with Crippen LogP contribution < -0.4 is 10.6 Å². The first-order valence-corrected chi connectivity index (χ1v) is 9.61. The Morgan fingerprint density at radius 2 is 1.96 bits per heavy atom. The molecule has 0 aliphatic carbocycles. The van der Waals surface area contributed by atoms with E-state index in [1.54, 1.807) is 0 Å². The van der Waals surface area contributed by atoms with Crippen molar-refractivity contribution in [3.63, 3.8) is 0 Å². The fraction of sp³-hybridized carbons (Fsp3) is 0.632. The molecule has 1 saturated heterocycles. The Bertz CT molecular complexity index is 533. The van der Waals surface area contributed by atoms with E-state index in [1.165, 1.54) is 5.56 Å². The molecule has 7 heteroatoms. The highest BCUT2D eigenvalue weighted by Gasteiger charge is 2.20. The first-order chi connectivity index (χ1) is 12.1. The molecule has 148 valence electrons. The van der Waals surface area contributed by atoms with Gasteiger partial charge in [0.1, 0.15) is 0 Å². The maximum atomic E-state index is 9.14. The first kappa shape index (κ1) is 23.5. The van der Waals surface area contributed by atoms with Crippen LogP contribution in [-0.2, 0) is 6.54 Å². The lowest BCUT2D eigenvalue weighted by Crippen LogP contribution is -2.48. The number of aliphatic imine (C=N–C) groups is 1. The number of guanidine groups is 1. The predicted octanol–water partition coefficient (Wildman–Crippen LogP) is 3.11. The van der Waals surface area contributed by atoms with Crippen LogP contribution in [0, 0.1) is 5.92 Å². The summed E-state index contributed by atoms with van der Waals surface area (Å²) in [5, 5.41) is 16.8. The highest BCUT2D eigenvalue weighted by atomic mass is 127. The molecule has 0 saturated carbocycles. The zero-order chi connectivity index (χ0) is 18.1. The van der Waals surface area contributed by atoms with Gasteiger partial charge in [-0.1, -0.05) is 30.7 Å². The van der Waals surface area contributed by atoms with Crippen LogP contribution in [0.25, 0.3) is 0 Å². The van der Waals surface area contributed by atoms with Crippen LogP contribution in [0.3, 0.4) is 0 Å². The van der Waals surface area contributed by atoms with E-state index >= 15 is 0 Å². The number of halogens is 2. The van der Waals surface area contributed by atoms with Crippen molar-refractivity contribution < 1.29 is 5.11 Å². The lowest BCUT2D eigenvalue weighted by Gasteiger charge is -2.33. The third-order valence-electron chi connectivity index (χ3n) is 4.46. The minimum absolute atomic E-state index is 0. The van der Waals surface area contributed by atoms with Crippen LogP contribution in [0.5, 0.6) is 0 Å². The number of rotatable bonds is 7.